The largest absolute Gasteiger partial charge is 0.465 e. The van der Waals surface area contributed by atoms with Gasteiger partial charge in [-0.05, 0) is 38.6 Å². The van der Waals surface area contributed by atoms with Crippen LogP contribution in [0.15, 0.2) is 9.64 Å². The first-order valence-corrected chi connectivity index (χ1v) is 8.46. The zero-order chi connectivity index (χ0) is 15.3. The van der Waals surface area contributed by atoms with Crippen molar-refractivity contribution in [2.45, 2.75) is 50.8 Å². The highest BCUT2D eigenvalue weighted by atomic mass is 32.2. The Morgan fingerprint density at radius 1 is 1.48 bits per heavy atom. The van der Waals surface area contributed by atoms with E-state index in [-0.39, 0.29) is 5.97 Å². The van der Waals surface area contributed by atoms with Crippen molar-refractivity contribution in [2.24, 2.45) is 5.92 Å². The van der Waals surface area contributed by atoms with Crippen LogP contribution in [-0.4, -0.2) is 40.6 Å². The molecule has 0 spiro atoms. The molecule has 0 aromatic carbocycles. The average molecular weight is 313 g/mol. The summed E-state index contributed by atoms with van der Waals surface area (Å²) in [4.78, 5) is 12.5. The minimum absolute atomic E-state index is 0.162. The number of carbonyl (C=O) groups excluding carboxylic acids is 1. The zero-order valence-electron chi connectivity index (χ0n) is 12.8. The molecule has 21 heavy (non-hydrogen) atoms. The van der Waals surface area contributed by atoms with Crippen molar-refractivity contribution in [1.82, 2.24) is 15.5 Å². The molecule has 118 valence electrons. The summed E-state index contributed by atoms with van der Waals surface area (Å²) in [6.07, 6.45) is 3.08. The fraction of sp³-hybridized carbons (Fsp3) is 0.786. The Kier molecular flexibility index (Phi) is 5.64. The molecule has 1 aliphatic carbocycles. The van der Waals surface area contributed by atoms with Gasteiger partial charge in [0.1, 0.15) is 5.54 Å². The molecule has 0 bridgehead atoms. The lowest BCUT2D eigenvalue weighted by Gasteiger charge is -2.32. The minimum atomic E-state index is -0.640. The highest BCUT2D eigenvalue weighted by molar-refractivity contribution is 7.99. The second kappa shape index (κ2) is 7.26. The van der Waals surface area contributed by atoms with Crippen LogP contribution >= 0.6 is 11.8 Å². The lowest BCUT2D eigenvalue weighted by atomic mass is 9.95. The van der Waals surface area contributed by atoms with E-state index < -0.39 is 5.54 Å². The number of aromatic nitrogens is 2. The molecule has 0 amide bonds. The van der Waals surface area contributed by atoms with Gasteiger partial charge in [-0.2, -0.15) is 0 Å². The number of esters is 1. The van der Waals surface area contributed by atoms with Crippen molar-refractivity contribution in [3.8, 4) is 0 Å². The van der Waals surface area contributed by atoms with E-state index in [1.165, 1.54) is 11.8 Å². The predicted octanol–water partition coefficient (Wildman–Crippen LogP) is 2.18. The van der Waals surface area contributed by atoms with E-state index in [0.717, 1.165) is 25.8 Å². The molecule has 0 aliphatic heterocycles. The van der Waals surface area contributed by atoms with E-state index in [2.05, 4.69) is 22.4 Å². The number of hydrogen-bond acceptors (Lipinski definition) is 7. The smallest absolute Gasteiger partial charge is 0.327 e. The van der Waals surface area contributed by atoms with E-state index >= 15 is 0 Å². The van der Waals surface area contributed by atoms with Crippen LogP contribution in [0.2, 0.25) is 0 Å². The molecule has 1 fully saturated rings. The molecular formula is C14H23N3O3S. The summed E-state index contributed by atoms with van der Waals surface area (Å²) in [6.45, 7) is 6.87. The monoisotopic (exact) mass is 313 g/mol. The molecule has 1 N–H and O–H groups in total. The van der Waals surface area contributed by atoms with E-state index in [4.69, 9.17) is 9.15 Å². The van der Waals surface area contributed by atoms with Crippen LogP contribution in [-0.2, 0) is 9.53 Å². The second-order valence-electron chi connectivity index (χ2n) is 5.27. The third-order valence-electron chi connectivity index (χ3n) is 3.54. The first-order valence-electron chi connectivity index (χ1n) is 7.47. The van der Waals surface area contributed by atoms with Crippen molar-refractivity contribution in [3.05, 3.63) is 5.89 Å². The molecule has 1 aromatic rings. The molecule has 1 aromatic heterocycles. The van der Waals surface area contributed by atoms with Crippen LogP contribution in [0.4, 0.5) is 0 Å². The quantitative estimate of drug-likeness (QED) is 0.553. The first-order chi connectivity index (χ1) is 10.1. The predicted molar refractivity (Wildman–Crippen MR) is 80.1 cm³/mol. The Balaban J connectivity index is 2.10. The van der Waals surface area contributed by atoms with Gasteiger partial charge in [0.05, 0.1) is 6.61 Å². The van der Waals surface area contributed by atoms with Crippen molar-refractivity contribution in [1.29, 1.82) is 0 Å². The van der Waals surface area contributed by atoms with E-state index in [0.29, 0.717) is 29.4 Å². The van der Waals surface area contributed by atoms with Gasteiger partial charge in [0, 0.05) is 12.7 Å². The van der Waals surface area contributed by atoms with Gasteiger partial charge in [0.15, 0.2) is 0 Å². The Morgan fingerprint density at radius 3 is 2.76 bits per heavy atom. The van der Waals surface area contributed by atoms with E-state index in [1.807, 2.05) is 6.92 Å². The summed E-state index contributed by atoms with van der Waals surface area (Å²) in [5.74, 6) is 1.26. The standard InChI is InChI=1S/C14H23N3O3S/c1-4-8-15-14(11-6-7-11,12(18)19-5-2)9-21-13-17-16-10(3)20-13/h11,15H,4-9H2,1-3H3. The SMILES string of the molecule is CCCNC(CSc1nnc(C)o1)(C(=O)OCC)C1CC1. The molecule has 0 radical (unpaired) electrons. The maximum atomic E-state index is 12.5. The van der Waals surface area contributed by atoms with Gasteiger partial charge in [0.25, 0.3) is 5.22 Å². The second-order valence-corrected chi connectivity index (χ2v) is 6.20. The number of hydrogen-bond donors (Lipinski definition) is 1. The molecule has 7 heteroatoms. The van der Waals surface area contributed by atoms with Gasteiger partial charge < -0.3 is 14.5 Å². The Bertz CT molecular complexity index is 476. The van der Waals surface area contributed by atoms with Crippen molar-refractivity contribution in [3.63, 3.8) is 0 Å². The Morgan fingerprint density at radius 2 is 2.24 bits per heavy atom. The Labute approximate surface area is 129 Å². The van der Waals surface area contributed by atoms with Crippen LogP contribution in [0, 0.1) is 12.8 Å². The summed E-state index contributed by atoms with van der Waals surface area (Å²) in [6, 6.07) is 0. The number of thioether (sulfide) groups is 1. The fourth-order valence-electron chi connectivity index (χ4n) is 2.31. The molecule has 6 nitrogen and oxygen atoms in total. The van der Waals surface area contributed by atoms with Crippen LogP contribution in [0.25, 0.3) is 0 Å². The van der Waals surface area contributed by atoms with E-state index in [1.54, 1.807) is 6.92 Å². The summed E-state index contributed by atoms with van der Waals surface area (Å²) in [5.41, 5.74) is -0.640. The molecular weight excluding hydrogens is 290 g/mol. The van der Waals surface area contributed by atoms with Gasteiger partial charge in [-0.25, -0.2) is 0 Å². The zero-order valence-corrected chi connectivity index (χ0v) is 13.7. The van der Waals surface area contributed by atoms with E-state index in [9.17, 15) is 4.79 Å². The lowest BCUT2D eigenvalue weighted by molar-refractivity contribution is -0.151. The van der Waals surface area contributed by atoms with Crippen LogP contribution < -0.4 is 5.32 Å². The Hall–Kier alpha value is -1.08. The maximum absolute atomic E-state index is 12.5. The highest BCUT2D eigenvalue weighted by Crippen LogP contribution is 2.43. The summed E-state index contributed by atoms with van der Waals surface area (Å²) in [5, 5.41) is 11.7. The lowest BCUT2D eigenvalue weighted by Crippen LogP contribution is -2.57. The molecule has 2 rings (SSSR count). The topological polar surface area (TPSA) is 77.3 Å². The fourth-order valence-corrected chi connectivity index (χ4v) is 3.39. The first kappa shape index (κ1) is 16.3. The number of nitrogens with one attached hydrogen (secondary N) is 1. The van der Waals surface area contributed by atoms with Crippen LogP contribution in [0.1, 0.15) is 39.0 Å². The molecule has 1 heterocycles. The normalized spacial score (nSPS) is 17.5. The van der Waals surface area contributed by atoms with Gasteiger partial charge in [0.2, 0.25) is 5.89 Å². The third-order valence-corrected chi connectivity index (χ3v) is 4.55. The van der Waals surface area contributed by atoms with Gasteiger partial charge in [-0.15, -0.1) is 10.2 Å². The van der Waals surface area contributed by atoms with Crippen LogP contribution in [0.5, 0.6) is 0 Å². The third kappa shape index (κ3) is 3.97. The molecule has 1 aliphatic rings. The van der Waals surface area contributed by atoms with Crippen molar-refractivity contribution < 1.29 is 13.9 Å². The summed E-state index contributed by atoms with van der Waals surface area (Å²) in [7, 11) is 0. The number of ether oxygens (including phenoxy) is 1. The molecule has 1 saturated carbocycles. The van der Waals surface area contributed by atoms with Crippen molar-refractivity contribution >= 4 is 17.7 Å². The maximum Gasteiger partial charge on any atom is 0.327 e. The average Bonchev–Trinajstić information content (AvgIpc) is 3.23. The summed E-state index contributed by atoms with van der Waals surface area (Å²) >= 11 is 1.42. The minimum Gasteiger partial charge on any atom is -0.465 e. The van der Waals surface area contributed by atoms with Gasteiger partial charge in [-0.3, -0.25) is 4.79 Å². The number of aryl methyl sites for hydroxylation is 1. The molecule has 1 atom stereocenters. The number of nitrogens with zero attached hydrogens (tertiary/aromatic N) is 2. The van der Waals surface area contributed by atoms with Crippen molar-refractivity contribution in [2.75, 3.05) is 18.9 Å². The number of carbonyl (C=O) groups is 1. The highest BCUT2D eigenvalue weighted by Gasteiger charge is 2.51. The van der Waals surface area contributed by atoms with Crippen LogP contribution in [0.3, 0.4) is 0 Å². The number of rotatable bonds is 9. The molecule has 1 unspecified atom stereocenters. The van der Waals surface area contributed by atoms with Gasteiger partial charge >= 0.3 is 5.97 Å². The summed E-state index contributed by atoms with van der Waals surface area (Å²) < 4.78 is 10.7. The molecule has 0 saturated heterocycles. The van der Waals surface area contributed by atoms with Gasteiger partial charge in [-0.1, -0.05) is 18.7 Å².